The number of fused-ring (bicyclic) bond motifs is 1. The number of hydrogen-bond acceptors (Lipinski definition) is 6. The van der Waals surface area contributed by atoms with E-state index in [0.717, 1.165) is 33.2 Å². The van der Waals surface area contributed by atoms with E-state index >= 15 is 0 Å². The summed E-state index contributed by atoms with van der Waals surface area (Å²) < 4.78 is 5.80. The molecule has 0 unspecified atom stereocenters. The predicted octanol–water partition coefficient (Wildman–Crippen LogP) is 5.47. The Morgan fingerprint density at radius 1 is 1.03 bits per heavy atom. The summed E-state index contributed by atoms with van der Waals surface area (Å²) in [6, 6.07) is 15.0. The van der Waals surface area contributed by atoms with Crippen LogP contribution in [0, 0.1) is 0 Å². The number of allylic oxidation sites excluding steroid dienone is 2. The van der Waals surface area contributed by atoms with Gasteiger partial charge in [-0.25, -0.2) is 15.0 Å². The first kappa shape index (κ1) is 21.8. The third-order valence-corrected chi connectivity index (χ3v) is 5.73. The van der Waals surface area contributed by atoms with Crippen LogP contribution in [0.15, 0.2) is 78.4 Å². The summed E-state index contributed by atoms with van der Waals surface area (Å²) in [5, 5.41) is 1.46. The molecule has 1 N–H and O–H groups in total. The van der Waals surface area contributed by atoms with Gasteiger partial charge in [-0.2, -0.15) is 0 Å². The van der Waals surface area contributed by atoms with Gasteiger partial charge in [-0.15, -0.1) is 11.8 Å². The van der Waals surface area contributed by atoms with Crippen molar-refractivity contribution in [3.63, 3.8) is 0 Å². The van der Waals surface area contributed by atoms with Gasteiger partial charge in [0.25, 0.3) is 0 Å². The molecule has 0 atom stereocenters. The number of carbonyl (C=O) groups is 1. The van der Waals surface area contributed by atoms with Gasteiger partial charge in [0.1, 0.15) is 22.6 Å². The lowest BCUT2D eigenvalue weighted by molar-refractivity contribution is -0.110. The Morgan fingerprint density at radius 2 is 1.84 bits per heavy atom. The third kappa shape index (κ3) is 5.84. The maximum absolute atomic E-state index is 12.1. The van der Waals surface area contributed by atoms with Crippen molar-refractivity contribution < 1.29 is 9.53 Å². The van der Waals surface area contributed by atoms with Crippen molar-refractivity contribution in [2.45, 2.75) is 5.03 Å². The van der Waals surface area contributed by atoms with Crippen LogP contribution in [-0.4, -0.2) is 38.1 Å². The molecule has 4 aromatic rings. The van der Waals surface area contributed by atoms with E-state index in [4.69, 9.17) is 16.3 Å². The van der Waals surface area contributed by atoms with Crippen LogP contribution in [0.3, 0.4) is 0 Å². The molecule has 2 heterocycles. The first-order chi connectivity index (χ1) is 15.7. The van der Waals surface area contributed by atoms with Crippen molar-refractivity contribution in [2.75, 3.05) is 12.4 Å². The predicted molar refractivity (Wildman–Crippen MR) is 129 cm³/mol. The van der Waals surface area contributed by atoms with Crippen LogP contribution < -0.4 is 4.74 Å². The fourth-order valence-electron chi connectivity index (χ4n) is 2.84. The fraction of sp³-hybridized carbons (Fsp3) is 0.0833. The van der Waals surface area contributed by atoms with Crippen LogP contribution in [0.25, 0.3) is 23.3 Å². The van der Waals surface area contributed by atoms with Gasteiger partial charge >= 0.3 is 0 Å². The molecule has 0 aliphatic heterocycles. The number of rotatable bonds is 9. The molecule has 0 aliphatic rings. The average Bonchev–Trinajstić information content (AvgIpc) is 3.30. The van der Waals surface area contributed by atoms with Crippen molar-refractivity contribution in [3.05, 3.63) is 89.5 Å². The largest absolute Gasteiger partial charge is 0.493 e. The second-order valence-corrected chi connectivity index (χ2v) is 8.13. The Bertz CT molecular complexity index is 1270. The van der Waals surface area contributed by atoms with Crippen molar-refractivity contribution in [1.29, 1.82) is 0 Å². The van der Waals surface area contributed by atoms with E-state index in [2.05, 4.69) is 19.9 Å². The number of nitrogens with zero attached hydrogens (tertiary/aromatic N) is 3. The monoisotopic (exact) mass is 462 g/mol. The molecular formula is C24H19ClN4O2S. The van der Waals surface area contributed by atoms with Crippen LogP contribution in [-0.2, 0) is 4.79 Å². The number of ether oxygens (including phenoxy) is 1. The summed E-state index contributed by atoms with van der Waals surface area (Å²) in [7, 11) is 0. The molecule has 4 rings (SSSR count). The molecule has 160 valence electrons. The number of nitrogens with one attached hydrogen (secondary N) is 1. The molecule has 0 amide bonds. The molecule has 2 aromatic carbocycles. The molecule has 0 saturated heterocycles. The molecule has 0 bridgehead atoms. The number of halogens is 1. The van der Waals surface area contributed by atoms with Crippen LogP contribution in [0.2, 0.25) is 5.02 Å². The molecule has 0 spiro atoms. The molecule has 32 heavy (non-hydrogen) atoms. The zero-order valence-corrected chi connectivity index (χ0v) is 18.5. The number of benzene rings is 2. The summed E-state index contributed by atoms with van der Waals surface area (Å²) >= 11 is 7.67. The van der Waals surface area contributed by atoms with Gasteiger partial charge < -0.3 is 9.72 Å². The molecule has 0 radical (unpaired) electrons. The van der Waals surface area contributed by atoms with Gasteiger partial charge in [0, 0.05) is 10.8 Å². The van der Waals surface area contributed by atoms with Crippen LogP contribution in [0.4, 0.5) is 0 Å². The van der Waals surface area contributed by atoms with Gasteiger partial charge in [-0.05, 0) is 47.6 Å². The Balaban J connectivity index is 1.24. The SMILES string of the molecule is O=C(/C=C/c1ccc(OCCSc2ncnc3nc[nH]c23)cc1)/C=C/c1ccccc1Cl. The number of H-pyrrole nitrogens is 1. The number of aromatic amines is 1. The van der Waals surface area contributed by atoms with Gasteiger partial charge in [0.2, 0.25) is 0 Å². The highest BCUT2D eigenvalue weighted by atomic mass is 35.5. The maximum Gasteiger partial charge on any atom is 0.181 e. The van der Waals surface area contributed by atoms with E-state index in [9.17, 15) is 4.79 Å². The van der Waals surface area contributed by atoms with Gasteiger partial charge in [0.15, 0.2) is 11.4 Å². The summed E-state index contributed by atoms with van der Waals surface area (Å²) in [5.74, 6) is 1.39. The highest BCUT2D eigenvalue weighted by Gasteiger charge is 2.06. The summed E-state index contributed by atoms with van der Waals surface area (Å²) in [6.45, 7) is 0.533. The Labute approximate surface area is 194 Å². The second kappa shape index (κ2) is 10.7. The maximum atomic E-state index is 12.1. The lowest BCUT2D eigenvalue weighted by Crippen LogP contribution is -2.00. The van der Waals surface area contributed by atoms with Crippen LogP contribution in [0.1, 0.15) is 11.1 Å². The summed E-state index contributed by atoms with van der Waals surface area (Å²) in [4.78, 5) is 27.6. The molecular weight excluding hydrogens is 444 g/mol. The Kier molecular flexibility index (Phi) is 7.32. The lowest BCUT2D eigenvalue weighted by atomic mass is 10.1. The highest BCUT2D eigenvalue weighted by molar-refractivity contribution is 7.99. The molecule has 6 nitrogen and oxygen atoms in total. The minimum atomic E-state index is -0.113. The number of hydrogen-bond donors (Lipinski definition) is 1. The van der Waals surface area contributed by atoms with E-state index in [1.165, 1.54) is 18.5 Å². The Hall–Kier alpha value is -3.42. The van der Waals surface area contributed by atoms with Crippen LogP contribution in [0.5, 0.6) is 5.75 Å². The summed E-state index contributed by atoms with van der Waals surface area (Å²) in [6.07, 6.45) is 9.63. The number of aromatic nitrogens is 4. The third-order valence-electron chi connectivity index (χ3n) is 4.43. The van der Waals surface area contributed by atoms with Crippen molar-refractivity contribution in [2.24, 2.45) is 0 Å². The number of carbonyl (C=O) groups excluding carboxylic acids is 1. The highest BCUT2D eigenvalue weighted by Crippen LogP contribution is 2.22. The second-order valence-electron chi connectivity index (χ2n) is 6.64. The summed E-state index contributed by atoms with van der Waals surface area (Å²) in [5.41, 5.74) is 3.22. The minimum absolute atomic E-state index is 0.113. The zero-order chi connectivity index (χ0) is 22.2. The quantitative estimate of drug-likeness (QED) is 0.154. The van der Waals surface area contributed by atoms with E-state index in [-0.39, 0.29) is 5.78 Å². The number of thioether (sulfide) groups is 1. The van der Waals surface area contributed by atoms with Crippen molar-refractivity contribution >= 4 is 52.5 Å². The van der Waals surface area contributed by atoms with Crippen molar-refractivity contribution in [3.8, 4) is 5.75 Å². The molecule has 0 fully saturated rings. The smallest absolute Gasteiger partial charge is 0.181 e. The zero-order valence-electron chi connectivity index (χ0n) is 16.9. The topological polar surface area (TPSA) is 80.8 Å². The fourth-order valence-corrected chi connectivity index (χ4v) is 3.82. The number of ketones is 1. The van der Waals surface area contributed by atoms with Gasteiger partial charge in [0.05, 0.1) is 12.9 Å². The average molecular weight is 463 g/mol. The first-order valence-electron chi connectivity index (χ1n) is 9.83. The van der Waals surface area contributed by atoms with E-state index in [1.54, 1.807) is 36.3 Å². The normalized spacial score (nSPS) is 11.5. The van der Waals surface area contributed by atoms with Crippen molar-refractivity contribution in [1.82, 2.24) is 19.9 Å². The lowest BCUT2D eigenvalue weighted by Gasteiger charge is -2.06. The van der Waals surface area contributed by atoms with Crippen LogP contribution >= 0.6 is 23.4 Å². The molecule has 8 heteroatoms. The van der Waals surface area contributed by atoms with Gasteiger partial charge in [-0.1, -0.05) is 48.0 Å². The standard InChI is InChI=1S/C24H19ClN4O2S/c25-21-4-2-1-3-18(21)8-10-19(30)9-5-17-6-11-20(12-7-17)31-13-14-32-24-22-23(27-15-26-22)28-16-29-24/h1-12,15-16H,13-14H2,(H,26,27,28,29)/b9-5+,10-8+. The van der Waals surface area contributed by atoms with E-state index in [0.29, 0.717) is 17.3 Å². The van der Waals surface area contributed by atoms with E-state index < -0.39 is 0 Å². The van der Waals surface area contributed by atoms with E-state index in [1.807, 2.05) is 42.5 Å². The minimum Gasteiger partial charge on any atom is -0.493 e. The molecule has 0 aliphatic carbocycles. The Morgan fingerprint density at radius 3 is 2.69 bits per heavy atom. The molecule has 2 aromatic heterocycles. The van der Waals surface area contributed by atoms with Gasteiger partial charge in [-0.3, -0.25) is 4.79 Å². The number of imidazole rings is 1. The molecule has 0 saturated carbocycles. The first-order valence-corrected chi connectivity index (χ1v) is 11.2.